The Bertz CT molecular complexity index is 696. The average Bonchev–Trinajstić information content (AvgIpc) is 2.99. The Kier molecular flexibility index (Phi) is 5.59. The summed E-state index contributed by atoms with van der Waals surface area (Å²) >= 11 is 0. The second-order valence-electron chi connectivity index (χ2n) is 7.29. The molecule has 0 aliphatic carbocycles. The maximum atomic E-state index is 12.5. The molecule has 0 N–H and O–H groups in total. The highest BCUT2D eigenvalue weighted by Crippen LogP contribution is 2.21. The molecule has 2 fully saturated rings. The van der Waals surface area contributed by atoms with Crippen molar-refractivity contribution in [3.8, 4) is 0 Å². The summed E-state index contributed by atoms with van der Waals surface area (Å²) in [5, 5.41) is 0. The molecule has 1 aromatic rings. The van der Waals surface area contributed by atoms with Crippen molar-refractivity contribution in [2.75, 3.05) is 37.6 Å². The van der Waals surface area contributed by atoms with Crippen LogP contribution in [0.25, 0.3) is 0 Å². The van der Waals surface area contributed by atoms with Crippen molar-refractivity contribution in [2.45, 2.75) is 39.5 Å². The van der Waals surface area contributed by atoms with Gasteiger partial charge in [0.15, 0.2) is 0 Å². The molecule has 2 saturated heterocycles. The first-order chi connectivity index (χ1) is 12.4. The van der Waals surface area contributed by atoms with Gasteiger partial charge in [0.2, 0.25) is 17.7 Å². The Hall–Kier alpha value is -2.37. The van der Waals surface area contributed by atoms with Gasteiger partial charge in [-0.15, -0.1) is 0 Å². The molecule has 0 unspecified atom stereocenters. The molecule has 3 rings (SSSR count). The van der Waals surface area contributed by atoms with Crippen LogP contribution >= 0.6 is 0 Å². The summed E-state index contributed by atoms with van der Waals surface area (Å²) in [5.74, 6) is 0.157. The van der Waals surface area contributed by atoms with Gasteiger partial charge in [0.05, 0.1) is 0 Å². The molecule has 2 heterocycles. The summed E-state index contributed by atoms with van der Waals surface area (Å²) in [6.45, 7) is 6.70. The lowest BCUT2D eigenvalue weighted by Crippen LogP contribution is -2.52. The summed E-state index contributed by atoms with van der Waals surface area (Å²) in [6, 6.07) is 6.10. The van der Waals surface area contributed by atoms with Crippen LogP contribution in [0.15, 0.2) is 18.2 Å². The highest BCUT2D eigenvalue weighted by molar-refractivity contribution is 5.98. The highest BCUT2D eigenvalue weighted by atomic mass is 16.2. The molecule has 0 aromatic heterocycles. The molecule has 1 aromatic carbocycles. The summed E-state index contributed by atoms with van der Waals surface area (Å²) < 4.78 is 0. The van der Waals surface area contributed by atoms with Crippen molar-refractivity contribution in [3.63, 3.8) is 0 Å². The zero-order chi connectivity index (χ0) is 18.7. The lowest BCUT2D eigenvalue weighted by atomic mass is 10.1. The quantitative estimate of drug-likeness (QED) is 0.808. The van der Waals surface area contributed by atoms with Crippen LogP contribution in [0.3, 0.4) is 0 Å². The van der Waals surface area contributed by atoms with E-state index in [1.54, 1.807) is 9.80 Å². The Labute approximate surface area is 154 Å². The van der Waals surface area contributed by atoms with Gasteiger partial charge in [-0.1, -0.05) is 6.07 Å². The number of aryl methyl sites for hydroxylation is 2. The van der Waals surface area contributed by atoms with Crippen LogP contribution in [0.1, 0.15) is 36.8 Å². The maximum absolute atomic E-state index is 12.5. The molecular weight excluding hydrogens is 330 g/mol. The first-order valence-corrected chi connectivity index (χ1v) is 9.38. The lowest BCUT2D eigenvalue weighted by molar-refractivity contribution is -0.137. The van der Waals surface area contributed by atoms with Gasteiger partial charge in [-0.05, 0) is 49.9 Å². The van der Waals surface area contributed by atoms with E-state index in [0.29, 0.717) is 38.9 Å². The fourth-order valence-electron chi connectivity index (χ4n) is 3.79. The molecule has 6 nitrogen and oxygen atoms in total. The number of amides is 3. The van der Waals surface area contributed by atoms with E-state index in [0.717, 1.165) is 29.8 Å². The molecule has 3 amide bonds. The summed E-state index contributed by atoms with van der Waals surface area (Å²) in [6.07, 6.45) is 2.60. The third-order valence-corrected chi connectivity index (χ3v) is 5.08. The predicted octanol–water partition coefficient (Wildman–Crippen LogP) is 1.88. The van der Waals surface area contributed by atoms with Crippen molar-refractivity contribution < 1.29 is 14.4 Å². The lowest BCUT2D eigenvalue weighted by Gasteiger charge is -2.34. The van der Waals surface area contributed by atoms with E-state index >= 15 is 0 Å². The van der Waals surface area contributed by atoms with E-state index in [2.05, 4.69) is 6.07 Å². The Morgan fingerprint density at radius 3 is 2.35 bits per heavy atom. The largest absolute Gasteiger partial charge is 0.343 e. The molecule has 2 aliphatic heterocycles. The second kappa shape index (κ2) is 7.89. The molecule has 0 saturated carbocycles. The monoisotopic (exact) mass is 357 g/mol. The van der Waals surface area contributed by atoms with Gasteiger partial charge in [-0.3, -0.25) is 14.4 Å². The second-order valence-corrected chi connectivity index (χ2v) is 7.29. The van der Waals surface area contributed by atoms with E-state index in [-0.39, 0.29) is 24.3 Å². The smallest absolute Gasteiger partial charge is 0.246 e. The Morgan fingerprint density at radius 2 is 1.73 bits per heavy atom. The van der Waals surface area contributed by atoms with Gasteiger partial charge < -0.3 is 14.7 Å². The number of hydrogen-bond donors (Lipinski definition) is 0. The van der Waals surface area contributed by atoms with Crippen LogP contribution in [0, 0.1) is 13.8 Å². The van der Waals surface area contributed by atoms with Crippen molar-refractivity contribution >= 4 is 23.4 Å². The zero-order valence-electron chi connectivity index (χ0n) is 15.7. The van der Waals surface area contributed by atoms with Gasteiger partial charge in [0, 0.05) is 44.7 Å². The minimum absolute atomic E-state index is 0.00469. The van der Waals surface area contributed by atoms with Crippen LogP contribution < -0.4 is 4.90 Å². The Balaban J connectivity index is 1.50. The third kappa shape index (κ3) is 4.23. The molecule has 0 spiro atoms. The first-order valence-electron chi connectivity index (χ1n) is 9.38. The number of anilines is 1. The molecule has 2 aliphatic rings. The number of carbonyl (C=O) groups excluding carboxylic acids is 3. The fourth-order valence-corrected chi connectivity index (χ4v) is 3.79. The predicted molar refractivity (Wildman–Crippen MR) is 99.9 cm³/mol. The average molecular weight is 357 g/mol. The number of rotatable bonds is 5. The van der Waals surface area contributed by atoms with Crippen LogP contribution in [-0.2, 0) is 14.4 Å². The van der Waals surface area contributed by atoms with Crippen LogP contribution in [0.2, 0.25) is 0 Å². The number of benzene rings is 1. The van der Waals surface area contributed by atoms with Crippen molar-refractivity contribution in [2.24, 2.45) is 0 Å². The van der Waals surface area contributed by atoms with E-state index < -0.39 is 0 Å². The normalized spacial score (nSPS) is 18.0. The number of carbonyl (C=O) groups is 3. The van der Waals surface area contributed by atoms with E-state index in [4.69, 9.17) is 0 Å². The molecule has 6 heteroatoms. The van der Waals surface area contributed by atoms with Crippen LogP contribution in [-0.4, -0.2) is 60.2 Å². The van der Waals surface area contributed by atoms with Crippen molar-refractivity contribution in [1.29, 1.82) is 0 Å². The minimum atomic E-state index is -0.0377. The summed E-state index contributed by atoms with van der Waals surface area (Å²) in [5.41, 5.74) is 3.16. The number of nitrogens with zero attached hydrogens (tertiary/aromatic N) is 3. The molecular formula is C20H27N3O3. The Morgan fingerprint density at radius 1 is 1.00 bits per heavy atom. The van der Waals surface area contributed by atoms with Gasteiger partial charge in [0.25, 0.3) is 0 Å². The molecule has 26 heavy (non-hydrogen) atoms. The maximum Gasteiger partial charge on any atom is 0.246 e. The molecule has 0 bridgehead atoms. The fraction of sp³-hybridized carbons (Fsp3) is 0.550. The topological polar surface area (TPSA) is 60.9 Å². The standard InChI is InChI=1S/C20H27N3O3/c1-15-11-16(2)13-17(12-15)23-10-9-22(14-20(23)26)19(25)6-4-8-21-7-3-5-18(21)24/h11-13H,3-10,14H2,1-2H3. The summed E-state index contributed by atoms with van der Waals surface area (Å²) in [4.78, 5) is 41.8. The highest BCUT2D eigenvalue weighted by Gasteiger charge is 2.28. The third-order valence-electron chi connectivity index (χ3n) is 5.08. The van der Waals surface area contributed by atoms with E-state index in [1.165, 1.54) is 0 Å². The SMILES string of the molecule is Cc1cc(C)cc(N2CCN(C(=O)CCCN3CCCC3=O)CC2=O)c1. The zero-order valence-corrected chi connectivity index (χ0v) is 15.7. The number of likely N-dealkylation sites (tertiary alicyclic amines) is 1. The van der Waals surface area contributed by atoms with Crippen LogP contribution in [0.5, 0.6) is 0 Å². The first kappa shape index (κ1) is 18.4. The van der Waals surface area contributed by atoms with Crippen molar-refractivity contribution in [3.05, 3.63) is 29.3 Å². The number of hydrogen-bond acceptors (Lipinski definition) is 3. The van der Waals surface area contributed by atoms with E-state index in [1.807, 2.05) is 30.9 Å². The van der Waals surface area contributed by atoms with Crippen molar-refractivity contribution in [1.82, 2.24) is 9.80 Å². The van der Waals surface area contributed by atoms with Gasteiger partial charge in [0.1, 0.15) is 6.54 Å². The molecule has 0 radical (unpaired) electrons. The van der Waals surface area contributed by atoms with Crippen LogP contribution in [0.4, 0.5) is 5.69 Å². The number of piperazine rings is 1. The van der Waals surface area contributed by atoms with Gasteiger partial charge in [-0.25, -0.2) is 0 Å². The van der Waals surface area contributed by atoms with Gasteiger partial charge >= 0.3 is 0 Å². The van der Waals surface area contributed by atoms with Gasteiger partial charge in [-0.2, -0.15) is 0 Å². The minimum Gasteiger partial charge on any atom is -0.343 e. The molecule has 0 atom stereocenters. The molecule has 140 valence electrons. The summed E-state index contributed by atoms with van der Waals surface area (Å²) in [7, 11) is 0. The van der Waals surface area contributed by atoms with E-state index in [9.17, 15) is 14.4 Å².